The van der Waals surface area contributed by atoms with E-state index in [1.54, 1.807) is 6.20 Å². The first-order valence-electron chi connectivity index (χ1n) is 9.03. The van der Waals surface area contributed by atoms with Crippen LogP contribution in [-0.4, -0.2) is 34.1 Å². The fraction of sp³-hybridized carbons (Fsp3) is 0.190. The summed E-state index contributed by atoms with van der Waals surface area (Å²) in [7, 11) is 0. The molecule has 0 unspecified atom stereocenters. The third kappa shape index (κ3) is 5.47. The van der Waals surface area contributed by atoms with Crippen LogP contribution in [0.5, 0.6) is 0 Å². The van der Waals surface area contributed by atoms with Gasteiger partial charge in [0.05, 0.1) is 24.2 Å². The van der Waals surface area contributed by atoms with E-state index in [-0.39, 0.29) is 24.1 Å². The van der Waals surface area contributed by atoms with E-state index >= 15 is 0 Å². The fourth-order valence-electron chi connectivity index (χ4n) is 2.65. The summed E-state index contributed by atoms with van der Waals surface area (Å²) >= 11 is 1.30. The topological polar surface area (TPSA) is 86.9 Å². The van der Waals surface area contributed by atoms with E-state index < -0.39 is 0 Å². The maximum absolute atomic E-state index is 12.1. The Bertz CT molecular complexity index is 940. The number of aromatic nitrogens is 2. The number of hydrogen-bond acceptors (Lipinski definition) is 4. The first-order chi connectivity index (χ1) is 13.7. The van der Waals surface area contributed by atoms with E-state index in [0.29, 0.717) is 5.16 Å². The largest absolute Gasteiger partial charge is 0.346 e. The summed E-state index contributed by atoms with van der Waals surface area (Å²) in [5.41, 5.74) is 3.78. The van der Waals surface area contributed by atoms with Crippen LogP contribution in [0.2, 0.25) is 0 Å². The third-order valence-corrected chi connectivity index (χ3v) is 4.98. The average molecular weight is 395 g/mol. The first-order valence-corrected chi connectivity index (χ1v) is 10.0. The molecule has 3 rings (SSSR count). The molecule has 144 valence electrons. The quantitative estimate of drug-likeness (QED) is 0.511. The Morgan fingerprint density at radius 3 is 2.57 bits per heavy atom. The number of rotatable bonds is 8. The summed E-state index contributed by atoms with van der Waals surface area (Å²) in [6.07, 6.45) is 2.57. The molecule has 2 amide bonds. The highest BCUT2D eigenvalue weighted by atomic mass is 32.2. The summed E-state index contributed by atoms with van der Waals surface area (Å²) < 4.78 is 0. The minimum Gasteiger partial charge on any atom is -0.346 e. The molecule has 0 radical (unpaired) electrons. The van der Waals surface area contributed by atoms with Crippen LogP contribution < -0.4 is 10.6 Å². The predicted octanol–water partition coefficient (Wildman–Crippen LogP) is 3.49. The molecule has 0 atom stereocenters. The van der Waals surface area contributed by atoms with E-state index in [1.165, 1.54) is 11.8 Å². The van der Waals surface area contributed by atoms with Crippen LogP contribution in [0, 0.1) is 0 Å². The number of para-hydroxylation sites is 1. The lowest BCUT2D eigenvalue weighted by molar-refractivity contribution is -0.122. The molecule has 0 aliphatic carbocycles. The monoisotopic (exact) mass is 394 g/mol. The summed E-state index contributed by atoms with van der Waals surface area (Å²) in [5.74, 6) is -0.286. The number of amides is 2. The van der Waals surface area contributed by atoms with Gasteiger partial charge in [0.2, 0.25) is 11.8 Å². The lowest BCUT2D eigenvalue weighted by atomic mass is 10.1. The summed E-state index contributed by atoms with van der Waals surface area (Å²) in [5, 5.41) is 6.13. The number of anilines is 1. The molecule has 1 heterocycles. The van der Waals surface area contributed by atoms with Gasteiger partial charge in [-0.2, -0.15) is 0 Å². The van der Waals surface area contributed by atoms with Gasteiger partial charge in [0, 0.05) is 5.69 Å². The molecule has 6 nitrogen and oxygen atoms in total. The van der Waals surface area contributed by atoms with E-state index in [9.17, 15) is 9.59 Å². The number of carbonyl (C=O) groups is 2. The van der Waals surface area contributed by atoms with Gasteiger partial charge in [0.1, 0.15) is 0 Å². The molecule has 0 aliphatic heterocycles. The van der Waals surface area contributed by atoms with Crippen LogP contribution >= 0.6 is 11.8 Å². The maximum atomic E-state index is 12.1. The highest BCUT2D eigenvalue weighted by Crippen LogP contribution is 2.21. The van der Waals surface area contributed by atoms with Crippen LogP contribution in [0.25, 0.3) is 11.3 Å². The Morgan fingerprint density at radius 1 is 1.04 bits per heavy atom. The van der Waals surface area contributed by atoms with Crippen molar-refractivity contribution < 1.29 is 9.59 Å². The fourth-order valence-corrected chi connectivity index (χ4v) is 3.33. The van der Waals surface area contributed by atoms with Crippen molar-refractivity contribution in [1.29, 1.82) is 0 Å². The van der Waals surface area contributed by atoms with Crippen molar-refractivity contribution in [2.24, 2.45) is 0 Å². The summed E-state index contributed by atoms with van der Waals surface area (Å²) in [6.45, 7) is 1.96. The Morgan fingerprint density at radius 2 is 1.79 bits per heavy atom. The standard InChI is InChI=1S/C21H22N4O2S/c1-2-15-8-6-7-11-17(15)24-19(26)13-22-20(27)14-28-21-23-12-18(25-21)16-9-4-3-5-10-16/h3-12H,2,13-14H2,1H3,(H,22,27)(H,23,25)(H,24,26). The molecule has 0 fully saturated rings. The van der Waals surface area contributed by atoms with E-state index in [2.05, 4.69) is 20.6 Å². The lowest BCUT2D eigenvalue weighted by Crippen LogP contribution is -2.34. The second kappa shape index (κ2) is 9.75. The zero-order valence-corrected chi connectivity index (χ0v) is 16.4. The molecule has 2 aromatic carbocycles. The normalized spacial score (nSPS) is 10.5. The second-order valence-corrected chi connectivity index (χ2v) is 7.06. The van der Waals surface area contributed by atoms with Gasteiger partial charge in [-0.25, -0.2) is 4.98 Å². The molecule has 0 saturated heterocycles. The van der Waals surface area contributed by atoms with Crippen molar-refractivity contribution in [2.45, 2.75) is 18.5 Å². The van der Waals surface area contributed by atoms with Crippen molar-refractivity contribution in [3.05, 3.63) is 66.4 Å². The van der Waals surface area contributed by atoms with Gasteiger partial charge in [0.15, 0.2) is 5.16 Å². The number of nitrogens with one attached hydrogen (secondary N) is 3. The SMILES string of the molecule is CCc1ccccc1NC(=O)CNC(=O)CSc1ncc(-c2ccccc2)[nH]1. The van der Waals surface area contributed by atoms with Gasteiger partial charge in [-0.05, 0) is 23.6 Å². The van der Waals surface area contributed by atoms with E-state index in [0.717, 1.165) is 28.9 Å². The Hall–Kier alpha value is -3.06. The first kappa shape index (κ1) is 19.7. The molecule has 7 heteroatoms. The number of aryl methyl sites for hydroxylation is 1. The van der Waals surface area contributed by atoms with E-state index in [4.69, 9.17) is 0 Å². The Kier molecular flexibility index (Phi) is 6.86. The lowest BCUT2D eigenvalue weighted by Gasteiger charge is -2.10. The van der Waals surface area contributed by atoms with Crippen molar-refractivity contribution in [3.8, 4) is 11.3 Å². The number of thioether (sulfide) groups is 1. The molecule has 3 N–H and O–H groups in total. The number of H-pyrrole nitrogens is 1. The molecule has 3 aromatic rings. The molecule has 0 spiro atoms. The van der Waals surface area contributed by atoms with Crippen LogP contribution in [0.3, 0.4) is 0 Å². The molecule has 0 aliphatic rings. The van der Waals surface area contributed by atoms with Gasteiger partial charge >= 0.3 is 0 Å². The van der Waals surface area contributed by atoms with Crippen molar-refractivity contribution in [3.63, 3.8) is 0 Å². The molecular formula is C21H22N4O2S. The number of benzene rings is 2. The molecule has 0 saturated carbocycles. The van der Waals surface area contributed by atoms with Crippen LogP contribution in [0.1, 0.15) is 12.5 Å². The molecule has 0 bridgehead atoms. The predicted molar refractivity (Wildman–Crippen MR) is 112 cm³/mol. The van der Waals surface area contributed by atoms with Gasteiger partial charge < -0.3 is 15.6 Å². The van der Waals surface area contributed by atoms with Crippen molar-refractivity contribution in [1.82, 2.24) is 15.3 Å². The van der Waals surface area contributed by atoms with Gasteiger partial charge in [-0.3, -0.25) is 9.59 Å². The smallest absolute Gasteiger partial charge is 0.243 e. The summed E-state index contributed by atoms with van der Waals surface area (Å²) in [6, 6.07) is 17.5. The van der Waals surface area contributed by atoms with Gasteiger partial charge in [0.25, 0.3) is 0 Å². The van der Waals surface area contributed by atoms with E-state index in [1.807, 2.05) is 61.5 Å². The Labute approximate surface area is 168 Å². The number of hydrogen-bond donors (Lipinski definition) is 3. The molecular weight excluding hydrogens is 372 g/mol. The van der Waals surface area contributed by atoms with Gasteiger partial charge in [-0.1, -0.05) is 67.2 Å². The zero-order valence-electron chi connectivity index (χ0n) is 15.6. The molecule has 1 aromatic heterocycles. The third-order valence-electron chi connectivity index (χ3n) is 4.10. The minimum atomic E-state index is -0.247. The number of aromatic amines is 1. The second-order valence-electron chi connectivity index (χ2n) is 6.09. The van der Waals surface area contributed by atoms with Crippen LogP contribution in [0.4, 0.5) is 5.69 Å². The van der Waals surface area contributed by atoms with Gasteiger partial charge in [-0.15, -0.1) is 0 Å². The highest BCUT2D eigenvalue weighted by molar-refractivity contribution is 7.99. The maximum Gasteiger partial charge on any atom is 0.243 e. The minimum absolute atomic E-state index is 0.0646. The number of nitrogens with zero attached hydrogens (tertiary/aromatic N) is 1. The number of carbonyl (C=O) groups excluding carboxylic acids is 2. The Balaban J connectivity index is 1.43. The van der Waals surface area contributed by atoms with Crippen molar-refractivity contribution >= 4 is 29.3 Å². The zero-order chi connectivity index (χ0) is 19.8. The molecule has 28 heavy (non-hydrogen) atoms. The number of imidazole rings is 1. The summed E-state index contributed by atoms with van der Waals surface area (Å²) in [4.78, 5) is 31.6. The average Bonchev–Trinajstić information content (AvgIpc) is 3.21. The van der Waals surface area contributed by atoms with Crippen molar-refractivity contribution in [2.75, 3.05) is 17.6 Å². The van der Waals surface area contributed by atoms with Crippen LogP contribution in [0.15, 0.2) is 66.0 Å². The highest BCUT2D eigenvalue weighted by Gasteiger charge is 2.10. The van der Waals surface area contributed by atoms with Crippen LogP contribution in [-0.2, 0) is 16.0 Å².